The Kier molecular flexibility index (Phi) is 6.22. The van der Waals surface area contributed by atoms with Crippen LogP contribution in [-0.2, 0) is 0 Å². The number of anilines is 1. The summed E-state index contributed by atoms with van der Waals surface area (Å²) in [7, 11) is 3.95. The van der Waals surface area contributed by atoms with Crippen molar-refractivity contribution in [2.45, 2.75) is 0 Å². The average Bonchev–Trinajstić information content (AvgIpc) is 2.52. The van der Waals surface area contributed by atoms with E-state index in [0.29, 0.717) is 12.7 Å². The lowest BCUT2D eigenvalue weighted by molar-refractivity contribution is 0.0955. The second-order valence-corrected chi connectivity index (χ2v) is 7.30. The lowest BCUT2D eigenvalue weighted by Crippen LogP contribution is -2.18. The fourth-order valence-electron chi connectivity index (χ4n) is 1.79. The molecule has 2 aromatic carbocycles. The molecule has 5 nitrogen and oxygen atoms in total. The van der Waals surface area contributed by atoms with E-state index in [1.54, 1.807) is 18.3 Å². The van der Waals surface area contributed by atoms with Gasteiger partial charge in [-0.3, -0.25) is 4.79 Å². The van der Waals surface area contributed by atoms with Gasteiger partial charge in [-0.15, -0.1) is 0 Å². The maximum Gasteiger partial charge on any atom is 0.271 e. The number of hydrogen-bond acceptors (Lipinski definition) is 4. The van der Waals surface area contributed by atoms with Gasteiger partial charge in [-0.2, -0.15) is 5.10 Å². The van der Waals surface area contributed by atoms with E-state index in [1.165, 1.54) is 0 Å². The van der Waals surface area contributed by atoms with Crippen molar-refractivity contribution in [3.63, 3.8) is 0 Å². The number of hydrazone groups is 1. The summed E-state index contributed by atoms with van der Waals surface area (Å²) < 4.78 is 1.26. The Morgan fingerprint density at radius 2 is 1.74 bits per heavy atom. The summed E-state index contributed by atoms with van der Waals surface area (Å²) in [5, 5.41) is 13.7. The minimum atomic E-state index is -0.318. The molecule has 0 unspecified atom stereocenters. The third-order valence-electron chi connectivity index (χ3n) is 3.07. The summed E-state index contributed by atoms with van der Waals surface area (Å²) >= 11 is 3.97. The molecule has 0 aliphatic heterocycles. The fraction of sp³-hybridized carbons (Fsp3) is 0.125. The highest BCUT2D eigenvalue weighted by Crippen LogP contribution is 2.27. The summed E-state index contributed by atoms with van der Waals surface area (Å²) in [5.74, 6) is -0.130. The van der Waals surface area contributed by atoms with Gasteiger partial charge in [0.2, 0.25) is 0 Å². The van der Waals surface area contributed by atoms with Crippen LogP contribution in [-0.4, -0.2) is 31.3 Å². The summed E-state index contributed by atoms with van der Waals surface area (Å²) in [6.45, 7) is 0. The third-order valence-corrected chi connectivity index (χ3v) is 4.71. The molecule has 120 valence electrons. The Morgan fingerprint density at radius 1 is 1.17 bits per heavy atom. The van der Waals surface area contributed by atoms with Gasteiger partial charge in [0.05, 0.1) is 13.4 Å². The topological polar surface area (TPSA) is 64.9 Å². The molecule has 0 aliphatic rings. The molecule has 1 amide bonds. The Bertz CT molecular complexity index is 720. The number of nitrogens with one attached hydrogen (secondary N) is 1. The lowest BCUT2D eigenvalue weighted by atomic mass is 10.2. The second-order valence-electron chi connectivity index (χ2n) is 4.97. The SMILES string of the molecule is CN(C)c1ccc(/C=N/NC(=O)c2cc([125I])c(O)c([125I])c2)cc1. The maximum atomic E-state index is 12.1. The van der Waals surface area contributed by atoms with Gasteiger partial charge in [0.1, 0.15) is 5.75 Å². The molecule has 0 radical (unpaired) electrons. The van der Waals surface area contributed by atoms with Gasteiger partial charge in [-0.1, -0.05) is 12.1 Å². The molecule has 0 aliphatic carbocycles. The van der Waals surface area contributed by atoms with Gasteiger partial charge < -0.3 is 10.0 Å². The van der Waals surface area contributed by atoms with Crippen LogP contribution in [0.5, 0.6) is 5.75 Å². The van der Waals surface area contributed by atoms with Crippen LogP contribution < -0.4 is 10.3 Å². The Hall–Kier alpha value is -1.36. The molecule has 7 heteroatoms. The number of benzene rings is 2. The number of amides is 1. The number of carbonyl (C=O) groups is 1. The van der Waals surface area contributed by atoms with Crippen LogP contribution in [0.1, 0.15) is 15.9 Å². The van der Waals surface area contributed by atoms with Crippen molar-refractivity contribution in [2.24, 2.45) is 5.10 Å². The van der Waals surface area contributed by atoms with Crippen molar-refractivity contribution in [2.75, 3.05) is 19.0 Å². The number of aromatic hydroxyl groups is 1. The first-order chi connectivity index (χ1) is 10.9. The molecule has 23 heavy (non-hydrogen) atoms. The predicted octanol–water partition coefficient (Wildman–Crippen LogP) is 3.43. The first kappa shape index (κ1) is 18.0. The standard InChI is InChI=1S/C16H15I2N3O2/c1-21(2)12-5-3-10(4-6-12)9-19-20-16(23)11-7-13(17)15(22)14(18)8-11/h3-9,22H,1-2H3,(H,20,23)/b19-9+/i17-2,18-2. The van der Waals surface area contributed by atoms with Crippen LogP contribution in [0, 0.1) is 7.14 Å². The van der Waals surface area contributed by atoms with Gasteiger partial charge in [0.15, 0.2) is 0 Å². The van der Waals surface area contributed by atoms with E-state index in [9.17, 15) is 9.90 Å². The molecule has 0 atom stereocenters. The first-order valence-corrected chi connectivity index (χ1v) is 8.83. The maximum absolute atomic E-state index is 12.1. The molecule has 0 saturated carbocycles. The van der Waals surface area contributed by atoms with Crippen molar-refractivity contribution >= 4 is 63.0 Å². The molecule has 0 fully saturated rings. The summed E-state index contributed by atoms with van der Waals surface area (Å²) in [5.41, 5.74) is 4.94. The number of hydrogen-bond donors (Lipinski definition) is 2. The number of phenolic OH excluding ortho intramolecular Hbond substituents is 1. The molecule has 0 heterocycles. The Morgan fingerprint density at radius 3 is 2.26 bits per heavy atom. The zero-order valence-electron chi connectivity index (χ0n) is 12.5. The van der Waals surface area contributed by atoms with Crippen LogP contribution in [0.2, 0.25) is 0 Å². The smallest absolute Gasteiger partial charge is 0.271 e. The number of rotatable bonds is 4. The van der Waals surface area contributed by atoms with E-state index < -0.39 is 0 Å². The van der Waals surface area contributed by atoms with Gasteiger partial charge in [-0.25, -0.2) is 5.43 Å². The average molecular weight is 531 g/mol. The predicted molar refractivity (Wildman–Crippen MR) is 109 cm³/mol. The first-order valence-electron chi connectivity index (χ1n) is 6.67. The number of carbonyl (C=O) groups excluding carboxylic acids is 1. The monoisotopic (exact) mass is 531 g/mol. The normalized spacial score (nSPS) is 10.8. The van der Waals surface area contributed by atoms with Crippen LogP contribution in [0.3, 0.4) is 0 Å². The van der Waals surface area contributed by atoms with Crippen molar-refractivity contribution in [1.82, 2.24) is 5.43 Å². The Balaban J connectivity index is 2.04. The molecule has 2 aromatic rings. The zero-order chi connectivity index (χ0) is 17.0. The van der Waals surface area contributed by atoms with E-state index in [1.807, 2.05) is 88.4 Å². The van der Waals surface area contributed by atoms with Crippen LogP contribution in [0.4, 0.5) is 5.69 Å². The van der Waals surface area contributed by atoms with Crippen molar-refractivity contribution in [3.8, 4) is 5.75 Å². The van der Waals surface area contributed by atoms with Gasteiger partial charge in [-0.05, 0) is 75.0 Å². The molecule has 0 aromatic heterocycles. The summed E-state index contributed by atoms with van der Waals surface area (Å²) in [6.07, 6.45) is 1.59. The molecule has 0 saturated heterocycles. The highest BCUT2D eigenvalue weighted by molar-refractivity contribution is 14.1. The van der Waals surface area contributed by atoms with Crippen LogP contribution in [0.15, 0.2) is 41.5 Å². The van der Waals surface area contributed by atoms with Gasteiger partial charge in [0, 0.05) is 25.3 Å². The van der Waals surface area contributed by atoms with Crippen molar-refractivity contribution in [1.29, 1.82) is 0 Å². The third kappa shape index (κ3) is 4.80. The molecular weight excluding hydrogens is 516 g/mol. The number of nitrogens with zero attached hydrogens (tertiary/aromatic N) is 2. The van der Waals surface area contributed by atoms with Crippen LogP contribution >= 0.6 is 45.2 Å². The molecule has 0 bridgehead atoms. The molecular formula is C16H15I2N3O2. The fourth-order valence-corrected chi connectivity index (χ4v) is 3.55. The van der Waals surface area contributed by atoms with Crippen LogP contribution in [0.25, 0.3) is 0 Å². The molecule has 2 rings (SSSR count). The van der Waals surface area contributed by atoms with E-state index in [2.05, 4.69) is 10.5 Å². The highest BCUT2D eigenvalue weighted by Gasteiger charge is 2.11. The lowest BCUT2D eigenvalue weighted by Gasteiger charge is -2.11. The number of phenols is 1. The number of halogens is 2. The molecule has 0 spiro atoms. The van der Waals surface area contributed by atoms with Gasteiger partial charge in [0.25, 0.3) is 5.91 Å². The van der Waals surface area contributed by atoms with E-state index in [-0.39, 0.29) is 11.7 Å². The van der Waals surface area contributed by atoms with Gasteiger partial charge >= 0.3 is 0 Å². The summed E-state index contributed by atoms with van der Waals surface area (Å²) in [6, 6.07) is 11.1. The van der Waals surface area contributed by atoms with E-state index in [4.69, 9.17) is 0 Å². The second kappa shape index (κ2) is 7.95. The highest BCUT2D eigenvalue weighted by atomic mass is 125. The van der Waals surface area contributed by atoms with E-state index >= 15 is 0 Å². The zero-order valence-corrected chi connectivity index (χ0v) is 16.9. The van der Waals surface area contributed by atoms with E-state index in [0.717, 1.165) is 11.3 Å². The summed E-state index contributed by atoms with van der Waals surface area (Å²) in [4.78, 5) is 14.1. The minimum absolute atomic E-state index is 0.187. The Labute approximate surface area is 162 Å². The molecule has 2 N–H and O–H groups in total. The van der Waals surface area contributed by atoms with Crippen molar-refractivity contribution < 1.29 is 9.90 Å². The van der Waals surface area contributed by atoms with Crippen molar-refractivity contribution in [3.05, 3.63) is 54.7 Å². The minimum Gasteiger partial charge on any atom is -0.506 e. The quantitative estimate of drug-likeness (QED) is 0.361. The largest absolute Gasteiger partial charge is 0.506 e.